The molecule has 0 saturated heterocycles. The van der Waals surface area contributed by atoms with Crippen LogP contribution in [-0.2, 0) is 14.3 Å². The van der Waals surface area contributed by atoms with Crippen LogP contribution in [-0.4, -0.2) is 30.6 Å². The van der Waals surface area contributed by atoms with Crippen LogP contribution in [0.2, 0.25) is 0 Å². The average molecular weight is 282 g/mol. The van der Waals surface area contributed by atoms with Gasteiger partial charge in [-0.3, -0.25) is 9.59 Å². The quantitative estimate of drug-likeness (QED) is 0.864. The fourth-order valence-electron chi connectivity index (χ4n) is 4.87. The molecular weight excluding hydrogens is 256 g/mol. The molecule has 0 heterocycles. The molecule has 0 bridgehead atoms. The van der Waals surface area contributed by atoms with Crippen molar-refractivity contribution < 1.29 is 19.4 Å². The van der Waals surface area contributed by atoms with Crippen molar-refractivity contribution in [1.29, 1.82) is 0 Å². The molecule has 0 aromatic heterocycles. The van der Waals surface area contributed by atoms with Crippen LogP contribution in [0.15, 0.2) is 0 Å². The van der Waals surface area contributed by atoms with Gasteiger partial charge in [0, 0.05) is 13.5 Å². The van der Waals surface area contributed by atoms with Gasteiger partial charge in [0.25, 0.3) is 0 Å². The molecule has 0 unspecified atom stereocenters. The lowest BCUT2D eigenvalue weighted by Gasteiger charge is -2.57. The van der Waals surface area contributed by atoms with E-state index < -0.39 is 17.8 Å². The second-order valence-electron chi connectivity index (χ2n) is 7.45. The molecule has 0 amide bonds. The zero-order chi connectivity index (χ0) is 15.1. The normalized spacial score (nSPS) is 40.2. The number of Topliss-reactive ketones (excluding diaryl/α,β-unsaturated/α-hetero) is 1. The van der Waals surface area contributed by atoms with Crippen molar-refractivity contribution in [2.45, 2.75) is 46.5 Å². The van der Waals surface area contributed by atoms with E-state index in [1.165, 1.54) is 7.11 Å². The maximum Gasteiger partial charge on any atom is 0.307 e. The van der Waals surface area contributed by atoms with Gasteiger partial charge in [-0.2, -0.15) is 0 Å². The van der Waals surface area contributed by atoms with Gasteiger partial charge in [0.1, 0.15) is 5.78 Å². The number of carboxylic acid groups (broad SMARTS) is 1. The summed E-state index contributed by atoms with van der Waals surface area (Å²) in [4.78, 5) is 24.3. The molecule has 2 fully saturated rings. The summed E-state index contributed by atoms with van der Waals surface area (Å²) in [7, 11) is 1.53. The summed E-state index contributed by atoms with van der Waals surface area (Å²) in [5.74, 6) is -1.73. The first kappa shape index (κ1) is 15.5. The number of fused-ring (bicyclic) bond motifs is 1. The molecule has 2 aliphatic rings. The van der Waals surface area contributed by atoms with Crippen LogP contribution in [0.3, 0.4) is 0 Å². The van der Waals surface area contributed by atoms with Gasteiger partial charge in [0.05, 0.1) is 18.4 Å². The Balaban J connectivity index is 2.44. The van der Waals surface area contributed by atoms with Crippen molar-refractivity contribution in [3.8, 4) is 0 Å². The molecule has 0 radical (unpaired) electrons. The Morgan fingerprint density at radius 3 is 2.55 bits per heavy atom. The first-order chi connectivity index (χ1) is 9.24. The number of hydrogen-bond acceptors (Lipinski definition) is 3. The van der Waals surface area contributed by atoms with Crippen LogP contribution in [0.1, 0.15) is 46.5 Å². The molecule has 114 valence electrons. The number of hydrogen-bond donors (Lipinski definition) is 1. The highest BCUT2D eigenvalue weighted by Crippen LogP contribution is 2.60. The average Bonchev–Trinajstić information content (AvgIpc) is 2.31. The minimum atomic E-state index is -0.842. The topological polar surface area (TPSA) is 63.6 Å². The molecule has 2 rings (SSSR count). The van der Waals surface area contributed by atoms with Crippen LogP contribution in [0.5, 0.6) is 0 Å². The number of ketones is 1. The summed E-state index contributed by atoms with van der Waals surface area (Å²) in [5, 5.41) is 9.72. The third-order valence-corrected chi connectivity index (χ3v) is 5.82. The van der Waals surface area contributed by atoms with Gasteiger partial charge in [-0.15, -0.1) is 0 Å². The Morgan fingerprint density at radius 1 is 1.35 bits per heavy atom. The van der Waals surface area contributed by atoms with Crippen LogP contribution < -0.4 is 0 Å². The second kappa shape index (κ2) is 5.14. The Labute approximate surface area is 120 Å². The van der Waals surface area contributed by atoms with Crippen molar-refractivity contribution in [3.05, 3.63) is 0 Å². The van der Waals surface area contributed by atoms with E-state index in [0.717, 1.165) is 19.3 Å². The van der Waals surface area contributed by atoms with Gasteiger partial charge in [0.15, 0.2) is 0 Å². The highest BCUT2D eigenvalue weighted by atomic mass is 16.5. The second-order valence-corrected chi connectivity index (χ2v) is 7.45. The minimum absolute atomic E-state index is 0.0361. The van der Waals surface area contributed by atoms with Crippen molar-refractivity contribution in [1.82, 2.24) is 0 Å². The smallest absolute Gasteiger partial charge is 0.307 e. The predicted octanol–water partition coefficient (Wildman–Crippen LogP) is 2.76. The molecular formula is C16H26O4. The Morgan fingerprint density at radius 2 is 2.00 bits per heavy atom. The molecule has 0 aliphatic heterocycles. The number of rotatable bonds is 3. The summed E-state index contributed by atoms with van der Waals surface area (Å²) in [6.45, 7) is 6.65. The maximum atomic E-state index is 12.4. The first-order valence-electron chi connectivity index (χ1n) is 7.48. The van der Waals surface area contributed by atoms with Gasteiger partial charge < -0.3 is 9.84 Å². The molecule has 4 atom stereocenters. The van der Waals surface area contributed by atoms with E-state index in [2.05, 4.69) is 20.8 Å². The molecule has 2 aliphatic carbocycles. The molecule has 4 nitrogen and oxygen atoms in total. The Kier molecular flexibility index (Phi) is 3.98. The monoisotopic (exact) mass is 282 g/mol. The summed E-state index contributed by atoms with van der Waals surface area (Å²) >= 11 is 0. The summed E-state index contributed by atoms with van der Waals surface area (Å²) in [6, 6.07) is 0. The van der Waals surface area contributed by atoms with E-state index in [4.69, 9.17) is 4.74 Å². The lowest BCUT2D eigenvalue weighted by atomic mass is 9.46. The first-order valence-corrected chi connectivity index (χ1v) is 7.48. The fraction of sp³-hybridized carbons (Fsp3) is 0.875. The van der Waals surface area contributed by atoms with Crippen molar-refractivity contribution in [2.75, 3.05) is 13.7 Å². The largest absolute Gasteiger partial charge is 0.481 e. The molecule has 0 aromatic rings. The number of aliphatic carboxylic acids is 1. The number of methoxy groups -OCH3 is 1. The van der Waals surface area contributed by atoms with Crippen LogP contribution in [0, 0.1) is 28.6 Å². The van der Waals surface area contributed by atoms with Gasteiger partial charge in [-0.25, -0.2) is 0 Å². The molecule has 0 aromatic carbocycles. The van der Waals surface area contributed by atoms with Crippen LogP contribution >= 0.6 is 0 Å². The third-order valence-electron chi connectivity index (χ3n) is 5.82. The summed E-state index contributed by atoms with van der Waals surface area (Å²) in [5.41, 5.74) is -0.265. The fourth-order valence-corrected chi connectivity index (χ4v) is 4.87. The van der Waals surface area contributed by atoms with Gasteiger partial charge in [-0.1, -0.05) is 27.2 Å². The number of carbonyl (C=O) groups excluding carboxylic acids is 1. The van der Waals surface area contributed by atoms with Gasteiger partial charge in [0.2, 0.25) is 0 Å². The number of carboxylic acids is 1. The maximum absolute atomic E-state index is 12.4. The lowest BCUT2D eigenvalue weighted by Crippen LogP contribution is -2.57. The number of ether oxygens (including phenoxy) is 1. The van der Waals surface area contributed by atoms with E-state index in [9.17, 15) is 14.7 Å². The summed E-state index contributed by atoms with van der Waals surface area (Å²) < 4.78 is 5.12. The van der Waals surface area contributed by atoms with E-state index in [1.54, 1.807) is 0 Å². The van der Waals surface area contributed by atoms with E-state index in [0.29, 0.717) is 6.42 Å². The predicted molar refractivity (Wildman–Crippen MR) is 75.3 cm³/mol. The Bertz CT molecular complexity index is 415. The minimum Gasteiger partial charge on any atom is -0.481 e. The van der Waals surface area contributed by atoms with Crippen molar-refractivity contribution in [2.24, 2.45) is 28.6 Å². The van der Waals surface area contributed by atoms with Crippen LogP contribution in [0.4, 0.5) is 0 Å². The molecule has 4 heteroatoms. The van der Waals surface area contributed by atoms with Crippen molar-refractivity contribution >= 4 is 11.8 Å². The molecule has 1 N–H and O–H groups in total. The highest BCUT2D eigenvalue weighted by Gasteiger charge is 2.59. The highest BCUT2D eigenvalue weighted by molar-refractivity contribution is 5.88. The van der Waals surface area contributed by atoms with E-state index in [1.807, 2.05) is 0 Å². The lowest BCUT2D eigenvalue weighted by molar-refractivity contribution is -0.174. The number of carbonyl (C=O) groups is 2. The molecule has 2 saturated carbocycles. The zero-order valence-corrected chi connectivity index (χ0v) is 12.9. The molecule has 20 heavy (non-hydrogen) atoms. The van der Waals surface area contributed by atoms with Gasteiger partial charge >= 0.3 is 5.97 Å². The Hall–Kier alpha value is -0.900. The van der Waals surface area contributed by atoms with E-state index in [-0.39, 0.29) is 29.1 Å². The SMILES string of the molecule is COC[C@@H]1C(=O)C[C@H]2C(C)(C)CCC[C@]2(C)[C@H]1C(=O)O. The van der Waals surface area contributed by atoms with Crippen molar-refractivity contribution in [3.63, 3.8) is 0 Å². The standard InChI is InChI=1S/C16H26O4/c1-15(2)6-5-7-16(3)12(15)8-11(17)10(9-20-4)13(16)14(18)19/h10,12-13H,5-9H2,1-4H3,(H,18,19)/t10-,12+,13-,16+/m1/s1. The summed E-state index contributed by atoms with van der Waals surface area (Å²) in [6.07, 6.45) is 3.51. The third kappa shape index (κ3) is 2.28. The molecule has 0 spiro atoms. The zero-order valence-electron chi connectivity index (χ0n) is 12.9. The van der Waals surface area contributed by atoms with Crippen LogP contribution in [0.25, 0.3) is 0 Å². The van der Waals surface area contributed by atoms with E-state index >= 15 is 0 Å². The van der Waals surface area contributed by atoms with Gasteiger partial charge in [-0.05, 0) is 29.6 Å².